The zero-order chi connectivity index (χ0) is 10.6. The Balaban J connectivity index is 2.72. The highest BCUT2D eigenvalue weighted by molar-refractivity contribution is 7.98. The number of thioether (sulfide) groups is 1. The molecule has 0 radical (unpaired) electrons. The number of nitrogens with zero attached hydrogens (tertiary/aromatic N) is 1. The van der Waals surface area contributed by atoms with Gasteiger partial charge in [-0.3, -0.25) is 5.10 Å². The summed E-state index contributed by atoms with van der Waals surface area (Å²) in [5.41, 5.74) is 0.557. The molecule has 0 aliphatic rings. The van der Waals surface area contributed by atoms with Crippen LogP contribution >= 0.6 is 11.8 Å². The Morgan fingerprint density at radius 3 is 2.86 bits per heavy atom. The molecule has 2 N–H and O–H groups in total. The van der Waals surface area contributed by atoms with Gasteiger partial charge >= 0.3 is 0 Å². The van der Waals surface area contributed by atoms with Gasteiger partial charge in [-0.1, -0.05) is 0 Å². The molecule has 1 rings (SSSR count). The Hall–Kier alpha value is -0.530. The van der Waals surface area contributed by atoms with Gasteiger partial charge in [0.1, 0.15) is 4.90 Å². The minimum Gasteiger partial charge on any atom is -0.281 e. The van der Waals surface area contributed by atoms with Crippen molar-refractivity contribution in [3.8, 4) is 0 Å². The van der Waals surface area contributed by atoms with E-state index in [4.69, 9.17) is 0 Å². The number of rotatable bonds is 5. The molecule has 14 heavy (non-hydrogen) atoms. The van der Waals surface area contributed by atoms with Gasteiger partial charge in [-0.05, 0) is 13.2 Å². The number of aryl methyl sites for hydroxylation is 1. The second-order valence-corrected chi connectivity index (χ2v) is 5.47. The van der Waals surface area contributed by atoms with E-state index >= 15 is 0 Å². The van der Waals surface area contributed by atoms with Crippen LogP contribution in [-0.2, 0) is 10.0 Å². The van der Waals surface area contributed by atoms with Gasteiger partial charge in [-0.15, -0.1) is 0 Å². The normalized spacial score (nSPS) is 11.9. The summed E-state index contributed by atoms with van der Waals surface area (Å²) in [5.74, 6) is 0.760. The van der Waals surface area contributed by atoms with E-state index in [1.807, 2.05) is 6.26 Å². The molecule has 0 saturated carbocycles. The molecule has 1 heterocycles. The van der Waals surface area contributed by atoms with Crippen LogP contribution in [0.4, 0.5) is 0 Å². The van der Waals surface area contributed by atoms with Crippen molar-refractivity contribution >= 4 is 21.8 Å². The SMILES string of the molecule is CSCCNS(=O)(=O)c1cn[nH]c1C. The first-order valence-corrected chi connectivity index (χ1v) is 6.94. The van der Waals surface area contributed by atoms with Crippen LogP contribution in [0.3, 0.4) is 0 Å². The van der Waals surface area contributed by atoms with Crippen LogP contribution in [-0.4, -0.2) is 37.2 Å². The highest BCUT2D eigenvalue weighted by atomic mass is 32.2. The van der Waals surface area contributed by atoms with Crippen LogP contribution in [0.2, 0.25) is 0 Å². The van der Waals surface area contributed by atoms with E-state index in [0.29, 0.717) is 12.2 Å². The number of nitrogens with one attached hydrogen (secondary N) is 2. The molecule has 0 atom stereocenters. The summed E-state index contributed by atoms with van der Waals surface area (Å²) < 4.78 is 25.7. The van der Waals surface area contributed by atoms with Crippen LogP contribution in [0.15, 0.2) is 11.1 Å². The highest BCUT2D eigenvalue weighted by Crippen LogP contribution is 2.10. The molecule has 0 amide bonds. The van der Waals surface area contributed by atoms with E-state index in [1.165, 1.54) is 6.20 Å². The molecule has 0 aliphatic carbocycles. The smallest absolute Gasteiger partial charge is 0.243 e. The maximum absolute atomic E-state index is 11.6. The summed E-state index contributed by atoms with van der Waals surface area (Å²) >= 11 is 1.59. The summed E-state index contributed by atoms with van der Waals surface area (Å²) in [7, 11) is -3.38. The van der Waals surface area contributed by atoms with Crippen molar-refractivity contribution in [1.29, 1.82) is 0 Å². The maximum Gasteiger partial charge on any atom is 0.243 e. The molecule has 0 fully saturated rings. The Labute approximate surface area is 87.7 Å². The van der Waals surface area contributed by atoms with E-state index in [0.717, 1.165) is 5.75 Å². The van der Waals surface area contributed by atoms with Gasteiger partial charge in [0.2, 0.25) is 10.0 Å². The molecule has 0 spiro atoms. The van der Waals surface area contributed by atoms with Gasteiger partial charge in [0, 0.05) is 12.3 Å². The molecule has 0 saturated heterocycles. The summed E-state index contributed by atoms with van der Waals surface area (Å²) in [5, 5.41) is 6.26. The first kappa shape index (κ1) is 11.5. The number of sulfonamides is 1. The summed E-state index contributed by atoms with van der Waals surface area (Å²) in [6.45, 7) is 2.12. The number of hydrogen-bond donors (Lipinski definition) is 2. The third-order valence-corrected chi connectivity index (χ3v) is 3.86. The fourth-order valence-corrected chi connectivity index (χ4v) is 2.57. The molecule has 1 aromatic heterocycles. The molecule has 7 heteroatoms. The van der Waals surface area contributed by atoms with Crippen molar-refractivity contribution in [1.82, 2.24) is 14.9 Å². The van der Waals surface area contributed by atoms with Crippen LogP contribution in [0.5, 0.6) is 0 Å². The van der Waals surface area contributed by atoms with Crippen molar-refractivity contribution < 1.29 is 8.42 Å². The lowest BCUT2D eigenvalue weighted by molar-refractivity contribution is 0.583. The largest absolute Gasteiger partial charge is 0.281 e. The fourth-order valence-electron chi connectivity index (χ4n) is 0.966. The Bertz CT molecular complexity index is 385. The second kappa shape index (κ2) is 4.81. The van der Waals surface area contributed by atoms with Gasteiger partial charge in [0.25, 0.3) is 0 Å². The van der Waals surface area contributed by atoms with Gasteiger partial charge in [0.05, 0.1) is 11.9 Å². The zero-order valence-electron chi connectivity index (χ0n) is 8.07. The summed E-state index contributed by atoms with van der Waals surface area (Å²) in [6, 6.07) is 0. The Kier molecular flexibility index (Phi) is 3.97. The van der Waals surface area contributed by atoms with Crippen molar-refractivity contribution in [2.45, 2.75) is 11.8 Å². The van der Waals surface area contributed by atoms with Gasteiger partial charge in [-0.2, -0.15) is 16.9 Å². The monoisotopic (exact) mass is 235 g/mol. The number of aromatic amines is 1. The number of aromatic nitrogens is 2. The lowest BCUT2D eigenvalue weighted by Crippen LogP contribution is -2.26. The molecular weight excluding hydrogens is 222 g/mol. The van der Waals surface area contributed by atoms with E-state index < -0.39 is 10.0 Å². The van der Waals surface area contributed by atoms with Crippen LogP contribution in [0, 0.1) is 6.92 Å². The van der Waals surface area contributed by atoms with E-state index in [1.54, 1.807) is 18.7 Å². The minimum absolute atomic E-state index is 0.221. The average molecular weight is 235 g/mol. The van der Waals surface area contributed by atoms with Crippen molar-refractivity contribution in [3.05, 3.63) is 11.9 Å². The van der Waals surface area contributed by atoms with E-state index in [2.05, 4.69) is 14.9 Å². The molecule has 1 aromatic rings. The van der Waals surface area contributed by atoms with Gasteiger partial charge < -0.3 is 0 Å². The third-order valence-electron chi connectivity index (χ3n) is 1.67. The average Bonchev–Trinajstić information content (AvgIpc) is 2.52. The predicted molar refractivity (Wildman–Crippen MR) is 56.9 cm³/mol. The lowest BCUT2D eigenvalue weighted by Gasteiger charge is -2.03. The van der Waals surface area contributed by atoms with E-state index in [9.17, 15) is 8.42 Å². The minimum atomic E-state index is -3.38. The standard InChI is InChI=1S/C7H13N3O2S2/c1-6-7(5-8-10-6)14(11,12)9-3-4-13-2/h5,9H,3-4H2,1-2H3,(H,8,10). The Morgan fingerprint density at radius 2 is 2.36 bits per heavy atom. The molecule has 0 unspecified atom stereocenters. The van der Waals surface area contributed by atoms with E-state index in [-0.39, 0.29) is 4.90 Å². The van der Waals surface area contributed by atoms with Gasteiger partial charge in [0.15, 0.2) is 0 Å². The molecule has 0 aromatic carbocycles. The predicted octanol–water partition coefficient (Wildman–Crippen LogP) is 0.359. The summed E-state index contributed by atoms with van der Waals surface area (Å²) in [6.07, 6.45) is 3.24. The molecule has 0 aliphatic heterocycles. The molecule has 5 nitrogen and oxygen atoms in total. The van der Waals surface area contributed by atoms with Crippen LogP contribution < -0.4 is 4.72 Å². The zero-order valence-corrected chi connectivity index (χ0v) is 9.70. The Morgan fingerprint density at radius 1 is 1.64 bits per heavy atom. The quantitative estimate of drug-likeness (QED) is 0.723. The molecule has 0 bridgehead atoms. The lowest BCUT2D eigenvalue weighted by atomic mass is 10.5. The second-order valence-electron chi connectivity index (χ2n) is 2.75. The summed E-state index contributed by atoms with van der Waals surface area (Å²) in [4.78, 5) is 0.221. The maximum atomic E-state index is 11.6. The molecular formula is C7H13N3O2S2. The van der Waals surface area contributed by atoms with Crippen molar-refractivity contribution in [2.24, 2.45) is 0 Å². The number of hydrogen-bond acceptors (Lipinski definition) is 4. The topological polar surface area (TPSA) is 74.8 Å². The fraction of sp³-hybridized carbons (Fsp3) is 0.571. The van der Waals surface area contributed by atoms with Gasteiger partial charge in [-0.25, -0.2) is 13.1 Å². The van der Waals surface area contributed by atoms with Crippen molar-refractivity contribution in [3.63, 3.8) is 0 Å². The first-order valence-electron chi connectivity index (χ1n) is 4.06. The van der Waals surface area contributed by atoms with Crippen LogP contribution in [0.1, 0.15) is 5.69 Å². The third kappa shape index (κ3) is 2.73. The van der Waals surface area contributed by atoms with Crippen LogP contribution in [0.25, 0.3) is 0 Å². The first-order chi connectivity index (χ1) is 6.58. The van der Waals surface area contributed by atoms with Crippen molar-refractivity contribution in [2.75, 3.05) is 18.6 Å². The highest BCUT2D eigenvalue weighted by Gasteiger charge is 2.17. The molecule has 80 valence electrons. The number of H-pyrrole nitrogens is 1.